The van der Waals surface area contributed by atoms with E-state index >= 15 is 0 Å². The van der Waals surface area contributed by atoms with E-state index in [2.05, 4.69) is 26.0 Å². The van der Waals surface area contributed by atoms with Crippen molar-refractivity contribution < 1.29 is 18.3 Å². The number of anilines is 1. The zero-order chi connectivity index (χ0) is 17.5. The van der Waals surface area contributed by atoms with Gasteiger partial charge < -0.3 is 10.1 Å². The lowest BCUT2D eigenvalue weighted by atomic mass is 10.2. The number of rotatable bonds is 7. The number of nitrogens with zero attached hydrogens (tertiary/aromatic N) is 1. The number of hydrogen-bond acceptors (Lipinski definition) is 3. The van der Waals surface area contributed by atoms with Gasteiger partial charge in [0, 0.05) is 11.0 Å². The van der Waals surface area contributed by atoms with Crippen molar-refractivity contribution in [2.75, 3.05) is 18.9 Å². The number of carbonyl (C=O) groups excluding carboxylic acids is 1. The number of alkyl halides is 2. The third kappa shape index (κ3) is 5.90. The summed E-state index contributed by atoms with van der Waals surface area (Å²) in [5, 5.41) is 2.60. The summed E-state index contributed by atoms with van der Waals surface area (Å²) in [7, 11) is 1.81. The van der Waals surface area contributed by atoms with E-state index in [1.54, 1.807) is 12.1 Å². The smallest absolute Gasteiger partial charge is 0.387 e. The van der Waals surface area contributed by atoms with Gasteiger partial charge in [-0.3, -0.25) is 9.69 Å². The van der Waals surface area contributed by atoms with Gasteiger partial charge in [0.1, 0.15) is 5.75 Å². The van der Waals surface area contributed by atoms with Crippen molar-refractivity contribution in [2.24, 2.45) is 0 Å². The van der Waals surface area contributed by atoms with Gasteiger partial charge in [0.2, 0.25) is 5.91 Å². The first-order valence-corrected chi connectivity index (χ1v) is 8.00. The maximum Gasteiger partial charge on any atom is 0.387 e. The van der Waals surface area contributed by atoms with Crippen LogP contribution in [0.3, 0.4) is 0 Å². The third-order valence-electron chi connectivity index (χ3n) is 3.16. The van der Waals surface area contributed by atoms with Crippen molar-refractivity contribution in [3.63, 3.8) is 0 Å². The van der Waals surface area contributed by atoms with E-state index < -0.39 is 6.61 Å². The molecular formula is C17H17BrF2N2O2. The molecule has 1 N–H and O–H groups in total. The van der Waals surface area contributed by atoms with Crippen LogP contribution in [-0.2, 0) is 11.3 Å². The summed E-state index contributed by atoms with van der Waals surface area (Å²) in [6.45, 7) is -2.22. The Morgan fingerprint density at radius 2 is 1.88 bits per heavy atom. The van der Waals surface area contributed by atoms with Gasteiger partial charge in [-0.2, -0.15) is 8.78 Å². The van der Waals surface area contributed by atoms with Crippen molar-refractivity contribution in [1.82, 2.24) is 4.90 Å². The molecule has 0 fully saturated rings. The van der Waals surface area contributed by atoms with Gasteiger partial charge in [-0.25, -0.2) is 0 Å². The fraction of sp³-hybridized carbons (Fsp3) is 0.235. The molecule has 0 unspecified atom stereocenters. The number of likely N-dealkylation sites (N-methyl/N-ethyl adjacent to an activating group) is 1. The van der Waals surface area contributed by atoms with E-state index in [4.69, 9.17) is 0 Å². The van der Waals surface area contributed by atoms with E-state index in [0.29, 0.717) is 6.54 Å². The lowest BCUT2D eigenvalue weighted by molar-refractivity contribution is -0.117. The van der Waals surface area contributed by atoms with Crippen molar-refractivity contribution in [3.8, 4) is 5.75 Å². The monoisotopic (exact) mass is 398 g/mol. The van der Waals surface area contributed by atoms with E-state index in [-0.39, 0.29) is 23.9 Å². The van der Waals surface area contributed by atoms with Gasteiger partial charge in [0.05, 0.1) is 12.2 Å². The fourth-order valence-electron chi connectivity index (χ4n) is 2.16. The molecular weight excluding hydrogens is 382 g/mol. The molecule has 4 nitrogen and oxygen atoms in total. The van der Waals surface area contributed by atoms with Gasteiger partial charge in [0.15, 0.2) is 0 Å². The van der Waals surface area contributed by atoms with Crippen molar-refractivity contribution in [1.29, 1.82) is 0 Å². The number of benzene rings is 2. The number of carbonyl (C=O) groups is 1. The normalized spacial score (nSPS) is 10.9. The Morgan fingerprint density at radius 3 is 2.54 bits per heavy atom. The maximum atomic E-state index is 12.4. The van der Waals surface area contributed by atoms with Crippen LogP contribution in [0.15, 0.2) is 53.0 Å². The summed E-state index contributed by atoms with van der Waals surface area (Å²) < 4.78 is 30.1. The van der Waals surface area contributed by atoms with E-state index in [9.17, 15) is 13.6 Å². The average Bonchev–Trinajstić information content (AvgIpc) is 2.51. The Morgan fingerprint density at radius 1 is 1.21 bits per heavy atom. The van der Waals surface area contributed by atoms with Gasteiger partial charge in [-0.15, -0.1) is 0 Å². The topological polar surface area (TPSA) is 41.6 Å². The molecule has 2 rings (SSSR count). The highest BCUT2D eigenvalue weighted by atomic mass is 79.9. The van der Waals surface area contributed by atoms with Gasteiger partial charge in [-0.05, 0) is 36.9 Å². The number of hydrogen-bond donors (Lipinski definition) is 1. The molecule has 0 aromatic heterocycles. The Labute approximate surface area is 147 Å². The van der Waals surface area contributed by atoms with Gasteiger partial charge in [-0.1, -0.05) is 40.2 Å². The van der Waals surface area contributed by atoms with Crippen molar-refractivity contribution in [2.45, 2.75) is 13.2 Å². The van der Waals surface area contributed by atoms with Gasteiger partial charge >= 0.3 is 6.61 Å². The molecule has 0 aliphatic heterocycles. The van der Waals surface area contributed by atoms with Crippen LogP contribution in [0.1, 0.15) is 5.56 Å². The first kappa shape index (κ1) is 18.4. The molecule has 0 aliphatic carbocycles. The zero-order valence-electron chi connectivity index (χ0n) is 13.0. The Kier molecular flexibility index (Phi) is 6.69. The van der Waals surface area contributed by atoms with Crippen LogP contribution in [0, 0.1) is 0 Å². The van der Waals surface area contributed by atoms with Crippen LogP contribution in [0.2, 0.25) is 0 Å². The predicted octanol–water partition coefficient (Wildman–Crippen LogP) is 4.12. The second-order valence-corrected chi connectivity index (χ2v) is 6.14. The number of ether oxygens (including phenoxy) is 1. The fourth-order valence-corrected chi connectivity index (χ4v) is 2.43. The summed E-state index contributed by atoms with van der Waals surface area (Å²) in [4.78, 5) is 13.9. The lowest BCUT2D eigenvalue weighted by Gasteiger charge is -2.17. The largest absolute Gasteiger partial charge is 0.433 e. The number of amides is 1. The van der Waals surface area contributed by atoms with Crippen LogP contribution in [0.5, 0.6) is 5.75 Å². The average molecular weight is 399 g/mol. The highest BCUT2D eigenvalue weighted by Gasteiger charge is 2.13. The van der Waals surface area contributed by atoms with Crippen LogP contribution in [0.25, 0.3) is 0 Å². The van der Waals surface area contributed by atoms with Crippen molar-refractivity contribution >= 4 is 27.5 Å². The molecule has 128 valence electrons. The van der Waals surface area contributed by atoms with E-state index in [1.165, 1.54) is 12.1 Å². The highest BCUT2D eigenvalue weighted by molar-refractivity contribution is 9.10. The quantitative estimate of drug-likeness (QED) is 0.762. The molecule has 0 bridgehead atoms. The molecule has 2 aromatic rings. The second-order valence-electron chi connectivity index (χ2n) is 5.22. The van der Waals surface area contributed by atoms with Crippen LogP contribution >= 0.6 is 15.9 Å². The predicted molar refractivity (Wildman–Crippen MR) is 92.2 cm³/mol. The van der Waals surface area contributed by atoms with Crippen LogP contribution in [0.4, 0.5) is 14.5 Å². The molecule has 7 heteroatoms. The third-order valence-corrected chi connectivity index (χ3v) is 3.69. The molecule has 0 radical (unpaired) electrons. The minimum Gasteiger partial charge on any atom is -0.433 e. The zero-order valence-corrected chi connectivity index (χ0v) is 14.6. The Bertz CT molecular complexity index is 681. The summed E-state index contributed by atoms with van der Waals surface area (Å²) in [5.41, 5.74) is 1.29. The molecule has 0 atom stereocenters. The minimum atomic E-state index is -2.94. The highest BCUT2D eigenvalue weighted by Crippen LogP contribution is 2.25. The summed E-state index contributed by atoms with van der Waals surface area (Å²) in [6, 6.07) is 13.9. The maximum absolute atomic E-state index is 12.4. The molecule has 1 amide bonds. The second kappa shape index (κ2) is 8.75. The Balaban J connectivity index is 1.92. The molecule has 24 heavy (non-hydrogen) atoms. The molecule has 0 saturated heterocycles. The van der Waals surface area contributed by atoms with E-state index in [0.717, 1.165) is 10.0 Å². The Hall–Kier alpha value is -1.99. The molecule has 0 spiro atoms. The first-order valence-electron chi connectivity index (χ1n) is 7.20. The standard InChI is InChI=1S/C17H17BrF2N2O2/c1-22(10-12-6-8-13(18)9-7-12)11-16(23)21-14-4-2-3-5-15(14)24-17(19)20/h2-9,17H,10-11H2,1H3,(H,21,23). The minimum absolute atomic E-state index is 0.0589. The van der Waals surface area contributed by atoms with Gasteiger partial charge in [0.25, 0.3) is 0 Å². The summed E-state index contributed by atoms with van der Waals surface area (Å²) >= 11 is 3.37. The lowest BCUT2D eigenvalue weighted by Crippen LogP contribution is -2.30. The molecule has 0 saturated carbocycles. The molecule has 2 aromatic carbocycles. The SMILES string of the molecule is CN(CC(=O)Nc1ccccc1OC(F)F)Cc1ccc(Br)cc1. The van der Waals surface area contributed by atoms with Crippen LogP contribution < -0.4 is 10.1 Å². The number of nitrogens with one attached hydrogen (secondary N) is 1. The number of halogens is 3. The van der Waals surface area contributed by atoms with Crippen molar-refractivity contribution in [3.05, 3.63) is 58.6 Å². The molecule has 0 heterocycles. The van der Waals surface area contributed by atoms with Crippen LogP contribution in [-0.4, -0.2) is 31.0 Å². The number of para-hydroxylation sites is 2. The molecule has 0 aliphatic rings. The summed E-state index contributed by atoms with van der Waals surface area (Å²) in [6.07, 6.45) is 0. The van der Waals surface area contributed by atoms with E-state index in [1.807, 2.05) is 36.2 Å². The first-order chi connectivity index (χ1) is 11.4. The summed E-state index contributed by atoms with van der Waals surface area (Å²) in [5.74, 6) is -0.364.